The predicted molar refractivity (Wildman–Crippen MR) is 54.6 cm³/mol. The van der Waals surface area contributed by atoms with E-state index in [2.05, 4.69) is 11.0 Å². The van der Waals surface area contributed by atoms with Crippen molar-refractivity contribution in [2.24, 2.45) is 47.3 Å². The number of nitrogens with one attached hydrogen (secondary N) is 2. The van der Waals surface area contributed by atoms with Crippen LogP contribution in [-0.4, -0.2) is 22.5 Å². The van der Waals surface area contributed by atoms with Gasteiger partial charge in [-0.1, -0.05) is 0 Å². The van der Waals surface area contributed by atoms with Crippen molar-refractivity contribution >= 4 is 0 Å². The maximum atomic E-state index is 9.38. The Labute approximate surface area is 94.3 Å². The van der Waals surface area contributed by atoms with Gasteiger partial charge in [0.2, 0.25) is 0 Å². The van der Waals surface area contributed by atoms with Crippen molar-refractivity contribution in [1.29, 1.82) is 0 Å². The molecule has 6 unspecified atom stereocenters. The van der Waals surface area contributed by atoms with Crippen molar-refractivity contribution < 1.29 is 10.4 Å². The monoisotopic (exact) mass is 222 g/mol. The second-order valence-corrected chi connectivity index (χ2v) is 6.75. The Morgan fingerprint density at radius 3 is 1.19 bits per heavy atom. The third-order valence-corrected chi connectivity index (χ3v) is 6.99. The molecule has 4 heteroatoms. The lowest BCUT2D eigenvalue weighted by Crippen LogP contribution is -2.42. The lowest BCUT2D eigenvalue weighted by molar-refractivity contribution is 0.0202. The highest BCUT2D eigenvalue weighted by molar-refractivity contribution is 5.28. The Morgan fingerprint density at radius 2 is 0.938 bits per heavy atom. The molecule has 0 saturated heterocycles. The van der Waals surface area contributed by atoms with E-state index in [1.807, 2.05) is 0 Å². The van der Waals surface area contributed by atoms with Gasteiger partial charge >= 0.3 is 0 Å². The van der Waals surface area contributed by atoms with Gasteiger partial charge in [0.15, 0.2) is 0 Å². The van der Waals surface area contributed by atoms with E-state index < -0.39 is 0 Å². The van der Waals surface area contributed by atoms with Crippen LogP contribution in [-0.2, 0) is 0 Å². The zero-order valence-electron chi connectivity index (χ0n) is 9.08. The van der Waals surface area contributed by atoms with Crippen LogP contribution in [0.3, 0.4) is 0 Å². The van der Waals surface area contributed by atoms with E-state index in [0.717, 1.165) is 23.7 Å². The minimum Gasteiger partial charge on any atom is -0.317 e. The van der Waals surface area contributed by atoms with Gasteiger partial charge in [-0.05, 0) is 60.2 Å². The first-order valence-electron chi connectivity index (χ1n) is 6.66. The van der Waals surface area contributed by atoms with Crippen molar-refractivity contribution in [2.45, 2.75) is 24.9 Å². The summed E-state index contributed by atoms with van der Waals surface area (Å²) in [7, 11) is 0. The molecule has 0 aromatic rings. The highest BCUT2D eigenvalue weighted by Crippen LogP contribution is 2.79. The smallest absolute Gasteiger partial charge is 0.0382 e. The minimum atomic E-state index is 0.358. The molecule has 4 N–H and O–H groups in total. The van der Waals surface area contributed by atoms with Gasteiger partial charge in [-0.15, -0.1) is 0 Å². The van der Waals surface area contributed by atoms with Gasteiger partial charge in [-0.25, -0.2) is 11.0 Å². The van der Waals surface area contributed by atoms with E-state index in [1.54, 1.807) is 0 Å². The Kier molecular flexibility index (Phi) is 1.37. The van der Waals surface area contributed by atoms with Crippen molar-refractivity contribution in [3.63, 3.8) is 0 Å². The lowest BCUT2D eigenvalue weighted by Gasteiger charge is -2.44. The van der Waals surface area contributed by atoms with E-state index in [-0.39, 0.29) is 0 Å². The second kappa shape index (κ2) is 2.48. The third kappa shape index (κ3) is 0.637. The standard InChI is InChI=1S/C12H18N2O2/c15-13-11-3-1-4-8-7(3)9-5(11)2-6(10(8)9)12(4)14-16/h3-16H,1-2H2/t3-,4-,5-,6+,7?,8?,9?,10?,11?,12?/m1/s1. The van der Waals surface area contributed by atoms with Gasteiger partial charge in [0.25, 0.3) is 0 Å². The van der Waals surface area contributed by atoms with Crippen molar-refractivity contribution in [3.8, 4) is 0 Å². The summed E-state index contributed by atoms with van der Waals surface area (Å²) in [5.74, 6) is 6.21. The predicted octanol–water partition coefficient (Wildman–Crippen LogP) is 0.459. The minimum absolute atomic E-state index is 0.358. The largest absolute Gasteiger partial charge is 0.317 e. The van der Waals surface area contributed by atoms with Crippen LogP contribution >= 0.6 is 0 Å². The maximum Gasteiger partial charge on any atom is 0.0382 e. The van der Waals surface area contributed by atoms with Crippen molar-refractivity contribution in [3.05, 3.63) is 0 Å². The first kappa shape index (κ1) is 8.86. The Morgan fingerprint density at radius 1 is 0.625 bits per heavy atom. The first-order chi connectivity index (χ1) is 7.86. The molecule has 5 rings (SSSR count). The molecule has 0 aliphatic heterocycles. The molecule has 0 aromatic heterocycles. The number of hydrogen-bond donors (Lipinski definition) is 4. The molecule has 5 aliphatic rings. The Hall–Kier alpha value is -0.160. The third-order valence-electron chi connectivity index (χ3n) is 6.99. The number of hydroxylamine groups is 2. The second-order valence-electron chi connectivity index (χ2n) is 6.75. The van der Waals surface area contributed by atoms with Gasteiger partial charge in [0.1, 0.15) is 0 Å². The van der Waals surface area contributed by atoms with Gasteiger partial charge in [-0.3, -0.25) is 0 Å². The molecule has 0 amide bonds. The highest BCUT2D eigenvalue weighted by atomic mass is 16.5. The lowest BCUT2D eigenvalue weighted by atomic mass is 9.60. The summed E-state index contributed by atoms with van der Waals surface area (Å²) in [4.78, 5) is 0. The SMILES string of the molecule is ONC1[C@@H]2C[C@@H]3C4C2C2C4[C@H](C[C@H]21)C3NO. The van der Waals surface area contributed by atoms with Gasteiger partial charge in [0, 0.05) is 12.1 Å². The summed E-state index contributed by atoms with van der Waals surface area (Å²) in [6.07, 6.45) is 2.43. The molecule has 4 nitrogen and oxygen atoms in total. The zero-order chi connectivity index (χ0) is 10.6. The molecule has 0 heterocycles. The molecule has 5 fully saturated rings. The van der Waals surface area contributed by atoms with Crippen LogP contribution in [0.1, 0.15) is 12.8 Å². The number of rotatable bonds is 2. The highest BCUT2D eigenvalue weighted by Gasteiger charge is 2.79. The molecule has 88 valence electrons. The van der Waals surface area contributed by atoms with E-state index in [1.165, 1.54) is 12.8 Å². The maximum absolute atomic E-state index is 9.38. The van der Waals surface area contributed by atoms with E-state index in [9.17, 15) is 10.4 Å². The van der Waals surface area contributed by atoms with Crippen LogP contribution in [0.2, 0.25) is 0 Å². The Bertz CT molecular complexity index is 282. The molecule has 0 radical (unpaired) electrons. The average molecular weight is 222 g/mol. The molecule has 5 aliphatic carbocycles. The quantitative estimate of drug-likeness (QED) is 0.513. The fourth-order valence-corrected chi connectivity index (χ4v) is 6.98. The molecule has 0 bridgehead atoms. The first-order valence-corrected chi connectivity index (χ1v) is 6.66. The molecular weight excluding hydrogens is 204 g/mol. The molecule has 16 heavy (non-hydrogen) atoms. The topological polar surface area (TPSA) is 64.5 Å². The van der Waals surface area contributed by atoms with Crippen molar-refractivity contribution in [2.75, 3.05) is 0 Å². The van der Waals surface area contributed by atoms with Crippen LogP contribution in [0.25, 0.3) is 0 Å². The van der Waals surface area contributed by atoms with Crippen LogP contribution in [0, 0.1) is 47.3 Å². The van der Waals surface area contributed by atoms with E-state index in [0.29, 0.717) is 35.8 Å². The summed E-state index contributed by atoms with van der Waals surface area (Å²) in [5.41, 5.74) is 5.22. The molecule has 0 aromatic carbocycles. The summed E-state index contributed by atoms with van der Waals surface area (Å²) in [6.45, 7) is 0. The van der Waals surface area contributed by atoms with E-state index in [4.69, 9.17) is 0 Å². The van der Waals surface area contributed by atoms with Crippen LogP contribution < -0.4 is 11.0 Å². The van der Waals surface area contributed by atoms with Gasteiger partial charge in [0.05, 0.1) is 0 Å². The summed E-state index contributed by atoms with van der Waals surface area (Å²) in [5, 5.41) is 18.8. The zero-order valence-corrected chi connectivity index (χ0v) is 9.08. The Balaban J connectivity index is 1.65. The average Bonchev–Trinajstić information content (AvgIpc) is 2.77. The van der Waals surface area contributed by atoms with Gasteiger partial charge < -0.3 is 10.4 Å². The summed E-state index contributed by atoms with van der Waals surface area (Å²) >= 11 is 0. The van der Waals surface area contributed by atoms with Crippen molar-refractivity contribution in [1.82, 2.24) is 11.0 Å². The van der Waals surface area contributed by atoms with E-state index >= 15 is 0 Å². The fourth-order valence-electron chi connectivity index (χ4n) is 6.98. The number of hydrogen-bond acceptors (Lipinski definition) is 4. The van der Waals surface area contributed by atoms with Crippen LogP contribution in [0.15, 0.2) is 0 Å². The summed E-state index contributed by atoms with van der Waals surface area (Å²) in [6, 6.07) is 0.717. The molecule has 10 atom stereocenters. The molecule has 5 saturated carbocycles. The fraction of sp³-hybridized carbons (Fsp3) is 1.00. The van der Waals surface area contributed by atoms with Gasteiger partial charge in [-0.2, -0.15) is 0 Å². The molecule has 0 spiro atoms. The van der Waals surface area contributed by atoms with Crippen LogP contribution in [0.4, 0.5) is 0 Å². The normalized spacial score (nSPS) is 72.4. The molecular formula is C12H18N2O2. The van der Waals surface area contributed by atoms with Crippen LogP contribution in [0.5, 0.6) is 0 Å². The summed E-state index contributed by atoms with van der Waals surface area (Å²) < 4.78 is 0.